The molecule has 0 bridgehead atoms. The molecule has 170 valence electrons. The molecule has 2 fully saturated rings. The normalized spacial score (nSPS) is 27.2. The summed E-state index contributed by atoms with van der Waals surface area (Å²) in [6, 6.07) is 8.13. The maximum Gasteiger partial charge on any atom is 0.226 e. The van der Waals surface area contributed by atoms with Crippen LogP contribution in [0.1, 0.15) is 33.3 Å². The van der Waals surface area contributed by atoms with Crippen LogP contribution in [0.5, 0.6) is 0 Å². The molecule has 1 amide bonds. The second kappa shape index (κ2) is 9.17. The molecule has 1 saturated heterocycles. The van der Waals surface area contributed by atoms with Crippen LogP contribution < -0.4 is 0 Å². The molecule has 0 N–H and O–H groups in total. The van der Waals surface area contributed by atoms with E-state index in [9.17, 15) is 4.79 Å². The molecule has 1 aromatic rings. The summed E-state index contributed by atoms with van der Waals surface area (Å²) in [6.07, 6.45) is 4.35. The van der Waals surface area contributed by atoms with Crippen LogP contribution >= 0.6 is 0 Å². The third-order valence-corrected chi connectivity index (χ3v) is 7.28. The topological polar surface area (TPSA) is 43.5 Å². The lowest BCUT2D eigenvalue weighted by molar-refractivity contribution is -0.135. The number of hydrogen-bond donors (Lipinski definition) is 0. The number of carbonyl (C=O) groups excluding carboxylic acids is 1. The van der Waals surface area contributed by atoms with Crippen molar-refractivity contribution in [2.24, 2.45) is 22.2 Å². The van der Waals surface area contributed by atoms with Crippen molar-refractivity contribution in [3.8, 4) is 0 Å². The summed E-state index contributed by atoms with van der Waals surface area (Å²) in [5.41, 5.74) is 3.27. The number of allylic oxidation sites excluding steroid dienone is 2. The SMILES string of the molecule is [C-]#[N+]c1ccc(CN2CN=CC2CN2CCN(C(=O)C3C(C=C(C)C)C3(C)C)CC2)cc1. The Labute approximate surface area is 192 Å². The van der Waals surface area contributed by atoms with Gasteiger partial charge in [-0.05, 0) is 30.7 Å². The highest BCUT2D eigenvalue weighted by atomic mass is 16.2. The van der Waals surface area contributed by atoms with Gasteiger partial charge >= 0.3 is 0 Å². The van der Waals surface area contributed by atoms with Crippen molar-refractivity contribution in [3.05, 3.63) is 52.9 Å². The molecule has 1 saturated carbocycles. The summed E-state index contributed by atoms with van der Waals surface area (Å²) < 4.78 is 0. The molecular formula is C26H35N5O. The number of aliphatic imine (C=N–C) groups is 1. The molecule has 32 heavy (non-hydrogen) atoms. The summed E-state index contributed by atoms with van der Waals surface area (Å²) in [5, 5.41) is 0. The Kier molecular flexibility index (Phi) is 6.50. The predicted molar refractivity (Wildman–Crippen MR) is 129 cm³/mol. The zero-order chi connectivity index (χ0) is 22.9. The standard InChI is InChI=1S/C26H35N5O/c1-19(2)14-23-24(26(23,3)4)25(32)30-12-10-29(11-13-30)17-22-15-28-18-31(22)16-20-6-8-21(27-5)9-7-20/h6-9,14-15,22-24H,10-13,16-18H2,1-4H3. The van der Waals surface area contributed by atoms with Crippen LogP contribution in [0.4, 0.5) is 5.69 Å². The first-order chi connectivity index (χ1) is 15.3. The first-order valence-corrected chi connectivity index (χ1v) is 11.7. The van der Waals surface area contributed by atoms with Gasteiger partial charge in [-0.15, -0.1) is 0 Å². The molecule has 3 aliphatic rings. The fourth-order valence-corrected chi connectivity index (χ4v) is 5.14. The summed E-state index contributed by atoms with van der Waals surface area (Å²) in [5.74, 6) is 0.852. The largest absolute Gasteiger partial charge is 0.340 e. The molecule has 0 aromatic heterocycles. The minimum absolute atomic E-state index is 0.0826. The van der Waals surface area contributed by atoms with Gasteiger partial charge in [-0.2, -0.15) is 0 Å². The van der Waals surface area contributed by atoms with Crippen LogP contribution in [0.15, 0.2) is 40.9 Å². The average Bonchev–Trinajstić information content (AvgIpc) is 3.06. The Hall–Kier alpha value is -2.49. The van der Waals surface area contributed by atoms with Crippen LogP contribution in [0, 0.1) is 23.8 Å². The minimum atomic E-state index is 0.0826. The zero-order valence-corrected chi connectivity index (χ0v) is 19.8. The highest BCUT2D eigenvalue weighted by molar-refractivity contribution is 5.84. The summed E-state index contributed by atoms with van der Waals surface area (Å²) in [7, 11) is 0. The lowest BCUT2D eigenvalue weighted by atomic mass is 10.1. The highest BCUT2D eigenvalue weighted by Crippen LogP contribution is 2.60. The van der Waals surface area contributed by atoms with Crippen molar-refractivity contribution >= 4 is 17.8 Å². The van der Waals surface area contributed by atoms with Gasteiger partial charge in [0.15, 0.2) is 5.69 Å². The van der Waals surface area contributed by atoms with Gasteiger partial charge in [-0.1, -0.05) is 49.8 Å². The zero-order valence-electron chi connectivity index (χ0n) is 19.8. The molecule has 0 spiro atoms. The summed E-state index contributed by atoms with van der Waals surface area (Å²) in [6.45, 7) is 21.7. The first-order valence-electron chi connectivity index (χ1n) is 11.7. The van der Waals surface area contributed by atoms with Crippen molar-refractivity contribution in [1.82, 2.24) is 14.7 Å². The van der Waals surface area contributed by atoms with E-state index in [0.717, 1.165) is 45.9 Å². The molecule has 3 unspecified atom stereocenters. The molecule has 6 nitrogen and oxygen atoms in total. The lowest BCUT2D eigenvalue weighted by Gasteiger charge is -2.37. The fraction of sp³-hybridized carbons (Fsp3) is 0.577. The van der Waals surface area contributed by atoms with E-state index in [1.165, 1.54) is 11.1 Å². The first kappa shape index (κ1) is 22.7. The summed E-state index contributed by atoms with van der Waals surface area (Å²) >= 11 is 0. The number of hydrogen-bond acceptors (Lipinski definition) is 4. The highest BCUT2D eigenvalue weighted by Gasteiger charge is 2.61. The van der Waals surface area contributed by atoms with Crippen molar-refractivity contribution in [3.63, 3.8) is 0 Å². The Morgan fingerprint density at radius 3 is 2.50 bits per heavy atom. The minimum Gasteiger partial charge on any atom is -0.340 e. The number of piperazine rings is 1. The Bertz CT molecular complexity index is 930. The molecule has 2 aliphatic heterocycles. The lowest BCUT2D eigenvalue weighted by Crippen LogP contribution is -2.52. The van der Waals surface area contributed by atoms with Gasteiger partial charge in [0.25, 0.3) is 0 Å². The average molecular weight is 434 g/mol. The molecule has 0 radical (unpaired) electrons. The maximum absolute atomic E-state index is 13.2. The second-order valence-electron chi connectivity index (χ2n) is 10.3. The van der Waals surface area contributed by atoms with Crippen LogP contribution in [-0.4, -0.2) is 72.3 Å². The van der Waals surface area contributed by atoms with Gasteiger partial charge in [0.05, 0.1) is 25.2 Å². The number of carbonyl (C=O) groups is 1. The third-order valence-electron chi connectivity index (χ3n) is 7.28. The summed E-state index contributed by atoms with van der Waals surface area (Å²) in [4.78, 5) is 28.1. The van der Waals surface area contributed by atoms with Crippen molar-refractivity contribution in [2.75, 3.05) is 39.4 Å². The van der Waals surface area contributed by atoms with E-state index in [0.29, 0.717) is 23.6 Å². The number of rotatable bonds is 6. The van der Waals surface area contributed by atoms with Crippen LogP contribution in [0.3, 0.4) is 0 Å². The molecule has 1 aromatic carbocycles. The molecule has 4 rings (SSSR count). The maximum atomic E-state index is 13.2. The van der Waals surface area contributed by atoms with Crippen molar-refractivity contribution in [1.29, 1.82) is 0 Å². The van der Waals surface area contributed by atoms with Gasteiger partial charge in [0, 0.05) is 45.5 Å². The number of nitrogens with zero attached hydrogens (tertiary/aromatic N) is 5. The van der Waals surface area contributed by atoms with Gasteiger partial charge in [-0.3, -0.25) is 19.6 Å². The van der Waals surface area contributed by atoms with Gasteiger partial charge in [0.1, 0.15) is 0 Å². The van der Waals surface area contributed by atoms with E-state index in [-0.39, 0.29) is 11.3 Å². The van der Waals surface area contributed by atoms with Gasteiger partial charge < -0.3 is 4.90 Å². The smallest absolute Gasteiger partial charge is 0.226 e. The second-order valence-corrected chi connectivity index (χ2v) is 10.3. The molecule has 6 heteroatoms. The van der Waals surface area contributed by atoms with E-state index in [2.05, 4.69) is 64.5 Å². The molecular weight excluding hydrogens is 398 g/mol. The quantitative estimate of drug-likeness (QED) is 0.506. The van der Waals surface area contributed by atoms with Crippen LogP contribution in [-0.2, 0) is 11.3 Å². The Morgan fingerprint density at radius 1 is 1.19 bits per heavy atom. The van der Waals surface area contributed by atoms with E-state index in [1.807, 2.05) is 24.3 Å². The Morgan fingerprint density at radius 2 is 1.88 bits per heavy atom. The molecule has 2 heterocycles. The predicted octanol–water partition coefficient (Wildman–Crippen LogP) is 3.83. The van der Waals surface area contributed by atoms with E-state index in [1.54, 1.807) is 0 Å². The number of amides is 1. The van der Waals surface area contributed by atoms with Gasteiger partial charge in [-0.25, -0.2) is 4.85 Å². The molecule has 3 atom stereocenters. The van der Waals surface area contributed by atoms with E-state index < -0.39 is 0 Å². The number of benzene rings is 1. The molecule has 1 aliphatic carbocycles. The van der Waals surface area contributed by atoms with Gasteiger partial charge in [0.2, 0.25) is 5.91 Å². The Balaban J connectivity index is 1.27. The van der Waals surface area contributed by atoms with Crippen molar-refractivity contribution in [2.45, 2.75) is 40.3 Å². The van der Waals surface area contributed by atoms with E-state index in [4.69, 9.17) is 6.57 Å². The third kappa shape index (κ3) is 4.79. The van der Waals surface area contributed by atoms with Crippen LogP contribution in [0.2, 0.25) is 0 Å². The monoisotopic (exact) mass is 433 g/mol. The van der Waals surface area contributed by atoms with E-state index >= 15 is 0 Å². The van der Waals surface area contributed by atoms with Crippen LogP contribution in [0.25, 0.3) is 4.85 Å². The fourth-order valence-electron chi connectivity index (χ4n) is 5.14. The van der Waals surface area contributed by atoms with Crippen molar-refractivity contribution < 1.29 is 4.79 Å².